The van der Waals surface area contributed by atoms with Gasteiger partial charge in [-0.3, -0.25) is 13.8 Å². The highest BCUT2D eigenvalue weighted by molar-refractivity contribution is 7.47. The molecule has 3 unspecified atom stereocenters. The van der Waals surface area contributed by atoms with E-state index in [-0.39, 0.29) is 19.1 Å². The Morgan fingerprint density at radius 1 is 0.523 bits per heavy atom. The third kappa shape index (κ3) is 49.2. The van der Waals surface area contributed by atoms with E-state index in [1.54, 1.807) is 6.08 Å². The van der Waals surface area contributed by atoms with E-state index in [4.69, 9.17) is 9.05 Å². The zero-order valence-corrected chi connectivity index (χ0v) is 43.3. The maximum Gasteiger partial charge on any atom is 0.472 e. The van der Waals surface area contributed by atoms with Crippen molar-refractivity contribution in [3.05, 3.63) is 97.2 Å². The average Bonchev–Trinajstić information content (AvgIpc) is 3.26. The number of aliphatic hydroxyl groups is 1. The average molecular weight is 928 g/mol. The quantitative estimate of drug-likeness (QED) is 0.0243. The molecule has 0 saturated carbocycles. The van der Waals surface area contributed by atoms with Gasteiger partial charge in [-0.25, -0.2) is 4.57 Å². The van der Waals surface area contributed by atoms with Gasteiger partial charge in [0.15, 0.2) is 0 Å². The highest BCUT2D eigenvalue weighted by Crippen LogP contribution is 2.43. The molecule has 0 aromatic carbocycles. The van der Waals surface area contributed by atoms with E-state index in [2.05, 4.69) is 104 Å². The van der Waals surface area contributed by atoms with Gasteiger partial charge in [0.2, 0.25) is 5.91 Å². The number of nitrogens with zero attached hydrogens (tertiary/aromatic N) is 1. The van der Waals surface area contributed by atoms with E-state index in [0.717, 1.165) is 83.5 Å². The Morgan fingerprint density at radius 3 is 1.35 bits per heavy atom. The van der Waals surface area contributed by atoms with Crippen LogP contribution < -0.4 is 5.32 Å². The van der Waals surface area contributed by atoms with Gasteiger partial charge in [-0.1, -0.05) is 207 Å². The van der Waals surface area contributed by atoms with Crippen LogP contribution in [0.5, 0.6) is 0 Å². The second-order valence-corrected chi connectivity index (χ2v) is 19.9. The zero-order valence-electron chi connectivity index (χ0n) is 42.4. The number of carbonyl (C=O) groups excluding carboxylic acids is 1. The second-order valence-electron chi connectivity index (χ2n) is 18.5. The number of hydrogen-bond donors (Lipinski definition) is 3. The van der Waals surface area contributed by atoms with Crippen LogP contribution in [-0.2, 0) is 18.4 Å². The first-order valence-electron chi connectivity index (χ1n) is 26.1. The van der Waals surface area contributed by atoms with E-state index in [1.807, 2.05) is 27.2 Å². The molecule has 3 atom stereocenters. The number of hydrogen-bond acceptors (Lipinski definition) is 5. The lowest BCUT2D eigenvalue weighted by atomic mass is 10.0. The summed E-state index contributed by atoms with van der Waals surface area (Å²) in [4.78, 5) is 23.1. The number of phosphoric acid groups is 1. The van der Waals surface area contributed by atoms with Gasteiger partial charge in [-0.2, -0.15) is 0 Å². The molecule has 8 nitrogen and oxygen atoms in total. The lowest BCUT2D eigenvalue weighted by Crippen LogP contribution is -2.45. The zero-order chi connectivity index (χ0) is 47.8. The molecule has 0 rings (SSSR count). The molecule has 0 radical (unpaired) electrons. The van der Waals surface area contributed by atoms with E-state index in [0.29, 0.717) is 17.4 Å². The number of rotatable bonds is 46. The summed E-state index contributed by atoms with van der Waals surface area (Å²) in [5.41, 5.74) is 0. The molecule has 0 fully saturated rings. The smallest absolute Gasteiger partial charge is 0.387 e. The summed E-state index contributed by atoms with van der Waals surface area (Å²) in [6, 6.07) is -0.872. The van der Waals surface area contributed by atoms with Gasteiger partial charge in [-0.15, -0.1) is 0 Å². The fourth-order valence-electron chi connectivity index (χ4n) is 6.99. The standard InChI is InChI=1S/C56H99N2O6P/c1-6-8-10-12-14-16-18-19-20-21-22-23-24-25-26-27-28-29-30-31-32-33-34-35-36-37-38-39-40-42-44-46-48-50-56(60)57-54(53-64-65(61,62)63-52-51-58(3,4)5)55(59)49-47-45-43-41-17-15-13-11-9-7-2/h8-11,14,16-17,19-20,22-23,25-26,41,47,49,54-55,59H,6-7,12-13,15,18,21,24,27-40,42-46,48,50-53H2,1-5H3,(H-,57,60,61,62)/p+1/b10-8-,11-9+,16-14-,20-19-,23-22-,26-25-,41-17+,49-47+. The van der Waals surface area contributed by atoms with Crippen molar-refractivity contribution in [3.63, 3.8) is 0 Å². The molecule has 0 aliphatic rings. The van der Waals surface area contributed by atoms with E-state index < -0.39 is 20.0 Å². The minimum atomic E-state index is -4.35. The summed E-state index contributed by atoms with van der Waals surface area (Å²) in [6.07, 6.45) is 66.7. The van der Waals surface area contributed by atoms with Gasteiger partial charge < -0.3 is 19.8 Å². The minimum absolute atomic E-state index is 0.0501. The van der Waals surface area contributed by atoms with Gasteiger partial charge >= 0.3 is 7.82 Å². The van der Waals surface area contributed by atoms with Crippen molar-refractivity contribution in [2.45, 2.75) is 212 Å². The molecule has 0 aliphatic carbocycles. The SMILES string of the molecule is CC/C=C\C/C=C\C/C=C\C/C=C\C/C=C\CCCCCCCCCCCCCCCCCCCC(=O)NC(COP(=O)(O)OCC[N+](C)(C)C)C(O)/C=C/CC/C=C/CC/C=C/CC. The van der Waals surface area contributed by atoms with E-state index in [1.165, 1.54) is 96.3 Å². The Hall–Kier alpha value is -2.58. The van der Waals surface area contributed by atoms with Crippen molar-refractivity contribution in [2.75, 3.05) is 40.9 Å². The summed E-state index contributed by atoms with van der Waals surface area (Å²) >= 11 is 0. The van der Waals surface area contributed by atoms with Crippen LogP contribution in [0.15, 0.2) is 97.2 Å². The van der Waals surface area contributed by atoms with Crippen LogP contribution in [0.3, 0.4) is 0 Å². The molecule has 1 amide bonds. The van der Waals surface area contributed by atoms with E-state index in [9.17, 15) is 19.4 Å². The third-order valence-electron chi connectivity index (χ3n) is 11.0. The Labute approximate surface area is 400 Å². The molecule has 3 N–H and O–H groups in total. The number of phosphoric ester groups is 1. The Morgan fingerprint density at radius 2 is 0.892 bits per heavy atom. The Balaban J connectivity index is 4.03. The number of carbonyl (C=O) groups is 1. The third-order valence-corrected chi connectivity index (χ3v) is 12.0. The van der Waals surface area contributed by atoms with Crippen LogP contribution in [0, 0.1) is 0 Å². The number of aliphatic hydroxyl groups excluding tert-OH is 1. The van der Waals surface area contributed by atoms with Crippen LogP contribution >= 0.6 is 7.82 Å². The molecule has 0 aliphatic heterocycles. The first-order chi connectivity index (χ1) is 31.5. The lowest BCUT2D eigenvalue weighted by molar-refractivity contribution is -0.870. The van der Waals surface area contributed by atoms with Crippen LogP contribution in [0.2, 0.25) is 0 Å². The Kier molecular flexibility index (Phi) is 44.7. The maximum absolute atomic E-state index is 12.9. The molecule has 374 valence electrons. The van der Waals surface area contributed by atoms with Crippen molar-refractivity contribution >= 4 is 13.7 Å². The van der Waals surface area contributed by atoms with Crippen LogP contribution in [0.25, 0.3) is 0 Å². The summed E-state index contributed by atoms with van der Waals surface area (Å²) in [5, 5.41) is 13.8. The molecule has 65 heavy (non-hydrogen) atoms. The summed E-state index contributed by atoms with van der Waals surface area (Å²) < 4.78 is 23.5. The van der Waals surface area contributed by atoms with Crippen molar-refractivity contribution < 1.29 is 32.9 Å². The fraction of sp³-hybridized carbons (Fsp3) is 0.696. The van der Waals surface area contributed by atoms with Gasteiger partial charge in [-0.05, 0) is 83.5 Å². The molecular weight excluding hydrogens is 828 g/mol. The fourth-order valence-corrected chi connectivity index (χ4v) is 7.73. The van der Waals surface area contributed by atoms with Gasteiger partial charge in [0.25, 0.3) is 0 Å². The topological polar surface area (TPSA) is 105 Å². The van der Waals surface area contributed by atoms with Crippen molar-refractivity contribution in [1.29, 1.82) is 0 Å². The normalized spacial score (nSPS) is 14.9. The van der Waals surface area contributed by atoms with Gasteiger partial charge in [0, 0.05) is 6.42 Å². The number of nitrogens with one attached hydrogen (secondary N) is 1. The molecule has 0 bridgehead atoms. The summed E-state index contributed by atoms with van der Waals surface area (Å²) in [5.74, 6) is -0.196. The van der Waals surface area contributed by atoms with Crippen LogP contribution in [-0.4, -0.2) is 73.4 Å². The number of allylic oxidation sites excluding steroid dienone is 15. The number of unbranched alkanes of at least 4 members (excludes halogenated alkanes) is 19. The van der Waals surface area contributed by atoms with Crippen molar-refractivity contribution in [1.82, 2.24) is 5.32 Å². The van der Waals surface area contributed by atoms with Gasteiger partial charge in [0.1, 0.15) is 13.2 Å². The molecule has 0 spiro atoms. The highest BCUT2D eigenvalue weighted by atomic mass is 31.2. The first kappa shape index (κ1) is 62.4. The lowest BCUT2D eigenvalue weighted by Gasteiger charge is -2.25. The van der Waals surface area contributed by atoms with Crippen LogP contribution in [0.4, 0.5) is 0 Å². The number of quaternary nitrogens is 1. The molecular formula is C56H100N2O6P+. The second kappa shape index (κ2) is 46.5. The predicted octanol–water partition coefficient (Wildman–Crippen LogP) is 15.5. The summed E-state index contributed by atoms with van der Waals surface area (Å²) in [6.45, 7) is 4.53. The van der Waals surface area contributed by atoms with Crippen molar-refractivity contribution in [2.24, 2.45) is 0 Å². The molecule has 0 aromatic heterocycles. The highest BCUT2D eigenvalue weighted by Gasteiger charge is 2.27. The summed E-state index contributed by atoms with van der Waals surface area (Å²) in [7, 11) is 1.53. The first-order valence-corrected chi connectivity index (χ1v) is 27.6. The van der Waals surface area contributed by atoms with Crippen molar-refractivity contribution in [3.8, 4) is 0 Å². The number of likely N-dealkylation sites (N-methyl/N-ethyl adjacent to an activating group) is 1. The van der Waals surface area contributed by atoms with Crippen LogP contribution in [0.1, 0.15) is 200 Å². The molecule has 0 saturated heterocycles. The Bertz CT molecular complexity index is 1370. The maximum atomic E-state index is 12.9. The van der Waals surface area contributed by atoms with Gasteiger partial charge in [0.05, 0.1) is 39.9 Å². The predicted molar refractivity (Wildman–Crippen MR) is 281 cm³/mol. The largest absolute Gasteiger partial charge is 0.472 e. The molecule has 9 heteroatoms. The minimum Gasteiger partial charge on any atom is -0.387 e. The van der Waals surface area contributed by atoms with E-state index >= 15 is 0 Å². The molecule has 0 aromatic rings. The number of amides is 1. The molecule has 0 heterocycles. The monoisotopic (exact) mass is 928 g/mol.